The van der Waals surface area contributed by atoms with Gasteiger partial charge in [0.05, 0.1) is 24.6 Å². The van der Waals surface area contributed by atoms with Crippen molar-refractivity contribution in [2.75, 3.05) is 19.0 Å². The third kappa shape index (κ3) is 2.69. The van der Waals surface area contributed by atoms with Crippen LogP contribution in [0, 0.1) is 23.7 Å². The lowest BCUT2D eigenvalue weighted by Gasteiger charge is -2.17. The van der Waals surface area contributed by atoms with Crippen LogP contribution in [0.3, 0.4) is 0 Å². The van der Waals surface area contributed by atoms with Gasteiger partial charge in [0.2, 0.25) is 17.7 Å². The largest absolute Gasteiger partial charge is 0.495 e. The maximum Gasteiger partial charge on any atom is 0.233 e. The van der Waals surface area contributed by atoms with E-state index in [4.69, 9.17) is 16.3 Å². The number of carbonyl (C=O) groups excluding carboxylic acids is 3. The fourth-order valence-electron chi connectivity index (χ4n) is 4.39. The summed E-state index contributed by atoms with van der Waals surface area (Å²) in [5.74, 6) is -0.179. The summed E-state index contributed by atoms with van der Waals surface area (Å²) in [6.07, 6.45) is 5.04. The molecule has 2 aliphatic carbocycles. The summed E-state index contributed by atoms with van der Waals surface area (Å²) in [5, 5.41) is 3.20. The number of imide groups is 1. The van der Waals surface area contributed by atoms with Crippen LogP contribution in [0.4, 0.5) is 5.69 Å². The first-order valence-electron chi connectivity index (χ1n) is 8.66. The summed E-state index contributed by atoms with van der Waals surface area (Å²) in [5.41, 5.74) is 0.461. The lowest BCUT2D eigenvalue weighted by atomic mass is 9.85. The molecule has 7 heteroatoms. The van der Waals surface area contributed by atoms with Crippen molar-refractivity contribution in [3.63, 3.8) is 0 Å². The zero-order chi connectivity index (χ0) is 18.4. The van der Waals surface area contributed by atoms with E-state index in [0.717, 1.165) is 6.42 Å². The Hall–Kier alpha value is -2.34. The second-order valence-corrected chi connectivity index (χ2v) is 7.41. The van der Waals surface area contributed by atoms with Gasteiger partial charge in [-0.05, 0) is 36.5 Å². The molecule has 1 saturated carbocycles. The van der Waals surface area contributed by atoms with E-state index in [-0.39, 0.29) is 54.4 Å². The number of carbonyl (C=O) groups is 3. The number of likely N-dealkylation sites (tertiary alicyclic amines) is 1. The maximum absolute atomic E-state index is 12.6. The van der Waals surface area contributed by atoms with Crippen LogP contribution in [0.25, 0.3) is 0 Å². The highest BCUT2D eigenvalue weighted by molar-refractivity contribution is 6.31. The molecule has 1 N–H and O–H groups in total. The van der Waals surface area contributed by atoms with Gasteiger partial charge in [-0.15, -0.1) is 0 Å². The summed E-state index contributed by atoms with van der Waals surface area (Å²) >= 11 is 5.95. The molecule has 0 radical (unpaired) electrons. The molecule has 26 heavy (non-hydrogen) atoms. The lowest BCUT2D eigenvalue weighted by molar-refractivity contribution is -0.140. The number of rotatable bonds is 5. The van der Waals surface area contributed by atoms with Gasteiger partial charge in [0.25, 0.3) is 0 Å². The normalized spacial score (nSPS) is 28.6. The third-order valence-corrected chi connectivity index (χ3v) is 5.79. The van der Waals surface area contributed by atoms with E-state index in [1.807, 2.05) is 0 Å². The number of hydrogen-bond donors (Lipinski definition) is 1. The van der Waals surface area contributed by atoms with Crippen LogP contribution in [0.15, 0.2) is 30.4 Å². The molecule has 1 saturated heterocycles. The zero-order valence-corrected chi connectivity index (χ0v) is 15.0. The molecule has 136 valence electrons. The highest BCUT2D eigenvalue weighted by Gasteiger charge is 2.58. The lowest BCUT2D eigenvalue weighted by Crippen LogP contribution is -2.35. The molecule has 1 aliphatic heterocycles. The monoisotopic (exact) mass is 374 g/mol. The molecule has 2 fully saturated rings. The van der Waals surface area contributed by atoms with Crippen LogP contribution in [-0.2, 0) is 14.4 Å². The van der Waals surface area contributed by atoms with Crippen molar-refractivity contribution < 1.29 is 19.1 Å². The number of hydrogen-bond acceptors (Lipinski definition) is 4. The highest BCUT2D eigenvalue weighted by Crippen LogP contribution is 2.52. The molecule has 6 nitrogen and oxygen atoms in total. The first kappa shape index (κ1) is 17.1. The van der Waals surface area contributed by atoms with Gasteiger partial charge in [0, 0.05) is 18.0 Å². The minimum Gasteiger partial charge on any atom is -0.495 e. The van der Waals surface area contributed by atoms with E-state index in [2.05, 4.69) is 17.5 Å². The average Bonchev–Trinajstić information content (AvgIpc) is 3.28. The van der Waals surface area contributed by atoms with Gasteiger partial charge < -0.3 is 10.1 Å². The van der Waals surface area contributed by atoms with Gasteiger partial charge in [-0.2, -0.15) is 0 Å². The van der Waals surface area contributed by atoms with Crippen molar-refractivity contribution in [1.82, 2.24) is 4.90 Å². The predicted octanol–water partition coefficient (Wildman–Crippen LogP) is 2.48. The summed E-state index contributed by atoms with van der Waals surface area (Å²) in [6.45, 7) is 0.0961. The minimum absolute atomic E-state index is 0.0371. The van der Waals surface area contributed by atoms with Crippen LogP contribution >= 0.6 is 11.6 Å². The SMILES string of the molecule is COc1ccc(Cl)cc1NC(=O)CCN1C(=O)[C@H]2[C@H](C1=O)[C@H]1C=C[C@H]2C1. The molecule has 3 aliphatic rings. The van der Waals surface area contributed by atoms with Gasteiger partial charge in [-0.3, -0.25) is 19.3 Å². The first-order chi connectivity index (χ1) is 12.5. The van der Waals surface area contributed by atoms with Crippen LogP contribution in [0.2, 0.25) is 5.02 Å². The smallest absolute Gasteiger partial charge is 0.233 e. The Kier molecular flexibility index (Phi) is 4.23. The number of fused-ring (bicyclic) bond motifs is 5. The maximum atomic E-state index is 12.6. The number of anilines is 1. The number of benzene rings is 1. The van der Waals surface area contributed by atoms with Crippen molar-refractivity contribution >= 4 is 35.0 Å². The molecule has 1 heterocycles. The standard InChI is InChI=1S/C19H19ClN2O4/c1-26-14-5-4-12(20)9-13(14)21-15(23)6-7-22-18(24)16-10-2-3-11(8-10)17(16)19(22)25/h2-5,9-11,16-17H,6-8H2,1H3,(H,21,23)/t10-,11-,16+,17+/m0/s1. The molecular formula is C19H19ClN2O4. The van der Waals surface area contributed by atoms with Gasteiger partial charge in [0.1, 0.15) is 5.75 Å². The molecule has 0 spiro atoms. The third-order valence-electron chi connectivity index (χ3n) is 5.56. The van der Waals surface area contributed by atoms with Crippen molar-refractivity contribution in [2.24, 2.45) is 23.7 Å². The Morgan fingerprint density at radius 1 is 1.23 bits per heavy atom. The molecule has 2 bridgehead atoms. The predicted molar refractivity (Wildman–Crippen MR) is 95.7 cm³/mol. The number of ether oxygens (including phenoxy) is 1. The summed E-state index contributed by atoms with van der Waals surface area (Å²) < 4.78 is 5.20. The minimum atomic E-state index is -0.302. The molecule has 3 amide bonds. The van der Waals surface area contributed by atoms with E-state index in [1.165, 1.54) is 12.0 Å². The van der Waals surface area contributed by atoms with E-state index in [9.17, 15) is 14.4 Å². The number of nitrogens with zero attached hydrogens (tertiary/aromatic N) is 1. The number of amides is 3. The summed E-state index contributed by atoms with van der Waals surface area (Å²) in [7, 11) is 1.50. The first-order valence-corrected chi connectivity index (χ1v) is 9.04. The number of halogens is 1. The quantitative estimate of drug-likeness (QED) is 0.634. The van der Waals surface area contributed by atoms with E-state index in [1.54, 1.807) is 18.2 Å². The Labute approximate surface area is 156 Å². The van der Waals surface area contributed by atoms with Gasteiger partial charge in [-0.1, -0.05) is 23.8 Å². The fraction of sp³-hybridized carbons (Fsp3) is 0.421. The highest BCUT2D eigenvalue weighted by atomic mass is 35.5. The van der Waals surface area contributed by atoms with Crippen molar-refractivity contribution in [3.05, 3.63) is 35.4 Å². The molecular weight excluding hydrogens is 356 g/mol. The Balaban J connectivity index is 1.39. The van der Waals surface area contributed by atoms with Gasteiger partial charge in [-0.25, -0.2) is 0 Å². The van der Waals surface area contributed by atoms with Crippen LogP contribution in [0.1, 0.15) is 12.8 Å². The summed E-state index contributed by atoms with van der Waals surface area (Å²) in [6, 6.07) is 4.92. The second-order valence-electron chi connectivity index (χ2n) is 6.97. The van der Waals surface area contributed by atoms with E-state index >= 15 is 0 Å². The van der Waals surface area contributed by atoms with Crippen molar-refractivity contribution in [1.29, 1.82) is 0 Å². The van der Waals surface area contributed by atoms with Gasteiger partial charge in [0.15, 0.2) is 0 Å². The van der Waals surface area contributed by atoms with Crippen LogP contribution in [0.5, 0.6) is 5.75 Å². The van der Waals surface area contributed by atoms with Crippen molar-refractivity contribution in [2.45, 2.75) is 12.8 Å². The summed E-state index contributed by atoms with van der Waals surface area (Å²) in [4.78, 5) is 38.7. The average molecular weight is 375 g/mol. The van der Waals surface area contributed by atoms with Gasteiger partial charge >= 0.3 is 0 Å². The molecule has 4 atom stereocenters. The number of allylic oxidation sites excluding steroid dienone is 2. The number of methoxy groups -OCH3 is 1. The second kappa shape index (κ2) is 6.43. The Morgan fingerprint density at radius 2 is 1.88 bits per heavy atom. The van der Waals surface area contributed by atoms with Crippen molar-refractivity contribution in [3.8, 4) is 5.75 Å². The molecule has 1 aromatic rings. The molecule has 0 unspecified atom stereocenters. The molecule has 0 aromatic heterocycles. The zero-order valence-electron chi connectivity index (χ0n) is 14.3. The Morgan fingerprint density at radius 3 is 2.50 bits per heavy atom. The molecule has 4 rings (SSSR count). The molecule has 1 aromatic carbocycles. The topological polar surface area (TPSA) is 75.7 Å². The van der Waals surface area contributed by atoms with E-state index in [0.29, 0.717) is 16.5 Å². The van der Waals surface area contributed by atoms with Crippen LogP contribution in [-0.4, -0.2) is 36.3 Å². The van der Waals surface area contributed by atoms with Crippen LogP contribution < -0.4 is 10.1 Å². The van der Waals surface area contributed by atoms with E-state index < -0.39 is 0 Å². The Bertz CT molecular complexity index is 792. The fourth-order valence-corrected chi connectivity index (χ4v) is 4.56. The number of nitrogens with one attached hydrogen (secondary N) is 1.